The molecule has 0 aliphatic carbocycles. The standard InChI is InChI=1S/C16H23NO3/c1-5-11(2)17-16(14(18)19)10-15(3,4)20-13-9-7-6-8-12(13)16/h6-9,11,17H,5,10H2,1-4H3,(H,18,19). The van der Waals surface area contributed by atoms with Crippen LogP contribution in [0.2, 0.25) is 0 Å². The van der Waals surface area contributed by atoms with Crippen LogP contribution in [0.15, 0.2) is 24.3 Å². The minimum Gasteiger partial charge on any atom is -0.487 e. The highest BCUT2D eigenvalue weighted by atomic mass is 16.5. The molecule has 110 valence electrons. The molecule has 1 aromatic rings. The van der Waals surface area contributed by atoms with Crippen molar-refractivity contribution in [2.24, 2.45) is 0 Å². The molecule has 0 aromatic heterocycles. The van der Waals surface area contributed by atoms with Crippen molar-refractivity contribution in [1.29, 1.82) is 0 Å². The maximum absolute atomic E-state index is 12.1. The fraction of sp³-hybridized carbons (Fsp3) is 0.562. The second kappa shape index (κ2) is 5.09. The summed E-state index contributed by atoms with van der Waals surface area (Å²) >= 11 is 0. The fourth-order valence-corrected chi connectivity index (χ4v) is 2.88. The Balaban J connectivity index is 2.57. The molecule has 4 heteroatoms. The van der Waals surface area contributed by atoms with Crippen LogP contribution in [0.1, 0.15) is 46.1 Å². The molecule has 2 atom stereocenters. The minimum absolute atomic E-state index is 0.119. The van der Waals surface area contributed by atoms with Crippen molar-refractivity contribution in [3.8, 4) is 5.75 Å². The lowest BCUT2D eigenvalue weighted by Crippen LogP contribution is -2.59. The van der Waals surface area contributed by atoms with E-state index in [1.165, 1.54) is 0 Å². The molecule has 20 heavy (non-hydrogen) atoms. The number of hydrogen-bond acceptors (Lipinski definition) is 3. The Kier molecular flexibility index (Phi) is 3.78. The number of fused-ring (bicyclic) bond motifs is 1. The topological polar surface area (TPSA) is 58.6 Å². The lowest BCUT2D eigenvalue weighted by Gasteiger charge is -2.45. The largest absolute Gasteiger partial charge is 0.487 e. The van der Waals surface area contributed by atoms with E-state index in [2.05, 4.69) is 5.32 Å². The van der Waals surface area contributed by atoms with Gasteiger partial charge in [0.25, 0.3) is 0 Å². The van der Waals surface area contributed by atoms with Crippen LogP contribution in [0.25, 0.3) is 0 Å². The minimum atomic E-state index is -1.09. The number of carbonyl (C=O) groups is 1. The Morgan fingerprint density at radius 1 is 1.45 bits per heavy atom. The van der Waals surface area contributed by atoms with Crippen molar-refractivity contribution in [1.82, 2.24) is 5.32 Å². The molecule has 1 aliphatic rings. The van der Waals surface area contributed by atoms with E-state index in [-0.39, 0.29) is 6.04 Å². The number of carboxylic acids is 1. The molecule has 1 aromatic carbocycles. The molecule has 2 rings (SSSR count). The molecule has 1 aliphatic heterocycles. The summed E-state index contributed by atoms with van der Waals surface area (Å²) in [6.07, 6.45) is 1.27. The van der Waals surface area contributed by atoms with Crippen molar-refractivity contribution in [3.63, 3.8) is 0 Å². The third kappa shape index (κ3) is 2.52. The summed E-state index contributed by atoms with van der Waals surface area (Å²) in [5.74, 6) is -0.191. The van der Waals surface area contributed by atoms with Gasteiger partial charge in [0.05, 0.1) is 0 Å². The van der Waals surface area contributed by atoms with Crippen LogP contribution in [0, 0.1) is 0 Å². The van der Waals surface area contributed by atoms with E-state index in [0.29, 0.717) is 17.7 Å². The highest BCUT2D eigenvalue weighted by molar-refractivity contribution is 5.82. The summed E-state index contributed by atoms with van der Waals surface area (Å²) in [7, 11) is 0. The molecule has 4 nitrogen and oxygen atoms in total. The van der Waals surface area contributed by atoms with Gasteiger partial charge in [-0.1, -0.05) is 25.1 Å². The smallest absolute Gasteiger partial charge is 0.328 e. The molecule has 0 bridgehead atoms. The van der Waals surface area contributed by atoms with Crippen LogP contribution in [-0.2, 0) is 10.3 Å². The SMILES string of the molecule is CCC(C)NC1(C(=O)O)CC(C)(C)Oc2ccccc21. The van der Waals surface area contributed by atoms with E-state index in [1.54, 1.807) is 0 Å². The molecular formula is C16H23NO3. The van der Waals surface area contributed by atoms with E-state index in [9.17, 15) is 9.90 Å². The number of carboxylic acid groups (broad SMARTS) is 1. The average molecular weight is 277 g/mol. The highest BCUT2D eigenvalue weighted by Crippen LogP contribution is 2.44. The highest BCUT2D eigenvalue weighted by Gasteiger charge is 2.51. The summed E-state index contributed by atoms with van der Waals surface area (Å²) in [6, 6.07) is 7.53. The molecule has 2 N–H and O–H groups in total. The summed E-state index contributed by atoms with van der Waals surface area (Å²) in [4.78, 5) is 12.1. The van der Waals surface area contributed by atoms with Crippen LogP contribution in [-0.4, -0.2) is 22.7 Å². The number of rotatable bonds is 4. The number of para-hydroxylation sites is 1. The van der Waals surface area contributed by atoms with E-state index < -0.39 is 17.1 Å². The van der Waals surface area contributed by atoms with Crippen molar-refractivity contribution in [2.75, 3.05) is 0 Å². The van der Waals surface area contributed by atoms with Gasteiger partial charge in [-0.25, -0.2) is 4.79 Å². The molecule has 1 heterocycles. The van der Waals surface area contributed by atoms with Crippen molar-refractivity contribution >= 4 is 5.97 Å². The van der Waals surface area contributed by atoms with Gasteiger partial charge in [-0.2, -0.15) is 0 Å². The third-order valence-corrected chi connectivity index (χ3v) is 3.89. The van der Waals surface area contributed by atoms with E-state index >= 15 is 0 Å². The Bertz CT molecular complexity index is 512. The zero-order valence-corrected chi connectivity index (χ0v) is 12.6. The average Bonchev–Trinajstić information content (AvgIpc) is 2.36. The van der Waals surface area contributed by atoms with Gasteiger partial charge >= 0.3 is 5.97 Å². The Hall–Kier alpha value is -1.55. The van der Waals surface area contributed by atoms with Gasteiger partial charge in [-0.3, -0.25) is 5.32 Å². The van der Waals surface area contributed by atoms with Gasteiger partial charge in [0.1, 0.15) is 16.9 Å². The maximum Gasteiger partial charge on any atom is 0.328 e. The van der Waals surface area contributed by atoms with Crippen LogP contribution in [0.5, 0.6) is 5.75 Å². The van der Waals surface area contributed by atoms with Gasteiger partial charge in [0, 0.05) is 18.0 Å². The Labute approximate surface area is 120 Å². The molecule has 0 amide bonds. The predicted molar refractivity (Wildman–Crippen MR) is 78.0 cm³/mol. The maximum atomic E-state index is 12.1. The number of hydrogen-bond donors (Lipinski definition) is 2. The summed E-state index contributed by atoms with van der Waals surface area (Å²) in [5, 5.41) is 13.2. The van der Waals surface area contributed by atoms with Crippen molar-refractivity contribution < 1.29 is 14.6 Å². The molecule has 0 fully saturated rings. The Morgan fingerprint density at radius 2 is 2.10 bits per heavy atom. The second-order valence-electron chi connectivity index (χ2n) is 6.20. The first-order valence-corrected chi connectivity index (χ1v) is 7.10. The zero-order valence-electron chi connectivity index (χ0n) is 12.6. The van der Waals surface area contributed by atoms with Crippen LogP contribution in [0.4, 0.5) is 0 Å². The van der Waals surface area contributed by atoms with Crippen LogP contribution >= 0.6 is 0 Å². The van der Waals surface area contributed by atoms with Gasteiger partial charge < -0.3 is 9.84 Å². The van der Waals surface area contributed by atoms with Gasteiger partial charge in [0.15, 0.2) is 0 Å². The van der Waals surface area contributed by atoms with Crippen LogP contribution < -0.4 is 10.1 Å². The van der Waals surface area contributed by atoms with Gasteiger partial charge in [-0.05, 0) is 33.3 Å². The third-order valence-electron chi connectivity index (χ3n) is 3.89. The van der Waals surface area contributed by atoms with Crippen molar-refractivity contribution in [3.05, 3.63) is 29.8 Å². The number of benzene rings is 1. The molecule has 2 unspecified atom stereocenters. The molecular weight excluding hydrogens is 254 g/mol. The van der Waals surface area contributed by atoms with Crippen LogP contribution in [0.3, 0.4) is 0 Å². The number of aliphatic carboxylic acids is 1. The molecule has 0 saturated heterocycles. The van der Waals surface area contributed by atoms with E-state index in [4.69, 9.17) is 4.74 Å². The predicted octanol–water partition coefficient (Wildman–Crippen LogP) is 2.92. The quantitative estimate of drug-likeness (QED) is 0.888. The number of ether oxygens (including phenoxy) is 1. The second-order valence-corrected chi connectivity index (χ2v) is 6.20. The Morgan fingerprint density at radius 3 is 2.70 bits per heavy atom. The van der Waals surface area contributed by atoms with E-state index in [1.807, 2.05) is 52.0 Å². The monoisotopic (exact) mass is 277 g/mol. The first-order chi connectivity index (χ1) is 9.31. The first kappa shape index (κ1) is 14.9. The summed E-state index contributed by atoms with van der Waals surface area (Å²) < 4.78 is 5.94. The lowest BCUT2D eigenvalue weighted by molar-refractivity contribution is -0.150. The van der Waals surface area contributed by atoms with E-state index in [0.717, 1.165) is 6.42 Å². The molecule has 0 saturated carbocycles. The number of nitrogens with one attached hydrogen (secondary N) is 1. The normalized spacial score (nSPS) is 25.4. The van der Waals surface area contributed by atoms with Crippen molar-refractivity contribution in [2.45, 2.75) is 57.7 Å². The zero-order chi connectivity index (χ0) is 15.0. The molecule has 0 radical (unpaired) electrons. The summed E-state index contributed by atoms with van der Waals surface area (Å²) in [5.41, 5.74) is -0.895. The molecule has 0 spiro atoms. The first-order valence-electron chi connectivity index (χ1n) is 7.10. The van der Waals surface area contributed by atoms with Gasteiger partial charge in [0.2, 0.25) is 0 Å². The van der Waals surface area contributed by atoms with Gasteiger partial charge in [-0.15, -0.1) is 0 Å². The summed E-state index contributed by atoms with van der Waals surface area (Å²) in [6.45, 7) is 7.91. The lowest BCUT2D eigenvalue weighted by atomic mass is 9.77. The fourth-order valence-electron chi connectivity index (χ4n) is 2.88.